The summed E-state index contributed by atoms with van der Waals surface area (Å²) >= 11 is 1.36. The molecule has 0 saturated heterocycles. The van der Waals surface area contributed by atoms with Gasteiger partial charge in [-0.15, -0.1) is 11.3 Å². The average molecular weight is 340 g/mol. The molecule has 0 radical (unpaired) electrons. The molecule has 120 valence electrons. The summed E-state index contributed by atoms with van der Waals surface area (Å²) in [6, 6.07) is 5.91. The van der Waals surface area contributed by atoms with Crippen LogP contribution in [0.25, 0.3) is 16.1 Å². The Bertz CT molecular complexity index is 898. The van der Waals surface area contributed by atoms with E-state index in [1.807, 2.05) is 0 Å². The van der Waals surface area contributed by atoms with E-state index >= 15 is 0 Å². The predicted octanol–water partition coefficient (Wildman–Crippen LogP) is 3.67. The van der Waals surface area contributed by atoms with Crippen molar-refractivity contribution >= 4 is 16.3 Å². The first-order valence-corrected chi connectivity index (χ1v) is 7.49. The van der Waals surface area contributed by atoms with E-state index in [1.54, 1.807) is 30.6 Å². The van der Waals surface area contributed by atoms with Gasteiger partial charge in [-0.05, 0) is 24.6 Å². The van der Waals surface area contributed by atoms with E-state index in [-0.39, 0.29) is 11.3 Å². The number of thiazole rings is 1. The molecule has 4 nitrogen and oxygen atoms in total. The third kappa shape index (κ3) is 3.21. The van der Waals surface area contributed by atoms with Crippen LogP contribution < -0.4 is 10.3 Å². The second kappa shape index (κ2) is 5.69. The summed E-state index contributed by atoms with van der Waals surface area (Å²) < 4.78 is 42.5. The number of hydrogen-bond donors (Lipinski definition) is 0. The van der Waals surface area contributed by atoms with Gasteiger partial charge in [0.15, 0.2) is 11.6 Å². The number of halogens is 3. The third-order valence-electron chi connectivity index (χ3n) is 3.19. The Balaban J connectivity index is 1.95. The van der Waals surface area contributed by atoms with Crippen molar-refractivity contribution in [1.29, 1.82) is 0 Å². The number of aryl methyl sites for hydroxylation is 1. The summed E-state index contributed by atoms with van der Waals surface area (Å²) in [5.74, 6) is 0.0911. The molecular weight excluding hydrogens is 329 g/mol. The Kier molecular flexibility index (Phi) is 3.85. The van der Waals surface area contributed by atoms with Gasteiger partial charge < -0.3 is 4.74 Å². The summed E-state index contributed by atoms with van der Waals surface area (Å²) in [4.78, 5) is 17.5. The number of hydrogen-bond acceptors (Lipinski definition) is 4. The minimum Gasteiger partial charge on any atom is -0.484 e. The summed E-state index contributed by atoms with van der Waals surface area (Å²) in [5, 5.41) is 1.76. The van der Waals surface area contributed by atoms with Gasteiger partial charge in [0.1, 0.15) is 5.75 Å². The van der Waals surface area contributed by atoms with E-state index in [1.165, 1.54) is 27.9 Å². The second-order valence-electron chi connectivity index (χ2n) is 4.86. The van der Waals surface area contributed by atoms with Gasteiger partial charge in [-0.1, -0.05) is 12.1 Å². The molecule has 0 amide bonds. The number of benzene rings is 1. The monoisotopic (exact) mass is 340 g/mol. The van der Waals surface area contributed by atoms with E-state index in [4.69, 9.17) is 0 Å². The summed E-state index contributed by atoms with van der Waals surface area (Å²) in [6.45, 7) is 0.376. The van der Waals surface area contributed by atoms with Gasteiger partial charge in [0.05, 0.1) is 11.3 Å². The van der Waals surface area contributed by atoms with Gasteiger partial charge in [0.25, 0.3) is 5.56 Å². The number of rotatable bonds is 3. The van der Waals surface area contributed by atoms with Crippen molar-refractivity contribution in [2.45, 2.75) is 13.1 Å². The molecule has 0 spiro atoms. The van der Waals surface area contributed by atoms with Crippen LogP contribution in [0.5, 0.6) is 5.75 Å². The predicted molar refractivity (Wildman–Crippen MR) is 81.1 cm³/mol. The maximum Gasteiger partial charge on any atom is 0.422 e. The highest BCUT2D eigenvalue weighted by atomic mass is 32.1. The van der Waals surface area contributed by atoms with Crippen LogP contribution in [0.2, 0.25) is 0 Å². The van der Waals surface area contributed by atoms with Crippen LogP contribution >= 0.6 is 11.3 Å². The summed E-state index contributed by atoms with van der Waals surface area (Å²) in [7, 11) is 0. The second-order valence-corrected chi connectivity index (χ2v) is 5.73. The molecule has 2 heterocycles. The average Bonchev–Trinajstić information content (AvgIpc) is 2.94. The van der Waals surface area contributed by atoms with Crippen LogP contribution in [0, 0.1) is 6.92 Å². The highest BCUT2D eigenvalue weighted by Crippen LogP contribution is 2.24. The van der Waals surface area contributed by atoms with Crippen LogP contribution in [-0.2, 0) is 0 Å². The fraction of sp³-hybridized carbons (Fsp3) is 0.200. The lowest BCUT2D eigenvalue weighted by atomic mass is 10.1. The molecule has 0 aliphatic heterocycles. The molecule has 0 aliphatic carbocycles. The van der Waals surface area contributed by atoms with Crippen LogP contribution in [0.4, 0.5) is 13.2 Å². The lowest BCUT2D eigenvalue weighted by Gasteiger charge is -2.10. The topological polar surface area (TPSA) is 43.6 Å². The van der Waals surface area contributed by atoms with Gasteiger partial charge in [-0.25, -0.2) is 4.98 Å². The van der Waals surface area contributed by atoms with Crippen molar-refractivity contribution in [2.75, 3.05) is 6.61 Å². The number of nitrogens with zero attached hydrogens (tertiary/aromatic N) is 2. The zero-order chi connectivity index (χ0) is 16.6. The fourth-order valence-corrected chi connectivity index (χ4v) is 2.95. The molecule has 1 aromatic carbocycles. The third-order valence-corrected chi connectivity index (χ3v) is 3.95. The maximum absolute atomic E-state index is 12.5. The number of aromatic nitrogens is 2. The first kappa shape index (κ1) is 15.5. The van der Waals surface area contributed by atoms with Crippen molar-refractivity contribution in [1.82, 2.24) is 9.38 Å². The number of fused-ring (bicyclic) bond motifs is 1. The standard InChI is InChI=1S/C15H11F3N2O2S/c1-9-12(13(21)20-6-7-23-14(20)19-9)10-2-4-11(5-3-10)22-8-15(16,17)18/h2-7H,8H2,1H3. The zero-order valence-corrected chi connectivity index (χ0v) is 12.7. The normalized spacial score (nSPS) is 11.8. The maximum atomic E-state index is 12.5. The number of alkyl halides is 3. The fourth-order valence-electron chi connectivity index (χ4n) is 2.20. The Hall–Kier alpha value is -2.35. The first-order valence-electron chi connectivity index (χ1n) is 6.61. The smallest absolute Gasteiger partial charge is 0.422 e. The van der Waals surface area contributed by atoms with Gasteiger partial charge in [0, 0.05) is 11.6 Å². The van der Waals surface area contributed by atoms with E-state index < -0.39 is 12.8 Å². The van der Waals surface area contributed by atoms with Crippen LogP contribution in [-0.4, -0.2) is 22.2 Å². The molecule has 3 rings (SSSR count). The van der Waals surface area contributed by atoms with Gasteiger partial charge >= 0.3 is 6.18 Å². The Labute approximate surface area is 132 Å². The molecule has 0 unspecified atom stereocenters. The van der Waals surface area contributed by atoms with E-state index in [2.05, 4.69) is 9.72 Å². The van der Waals surface area contributed by atoms with E-state index in [9.17, 15) is 18.0 Å². The molecule has 0 aliphatic rings. The lowest BCUT2D eigenvalue weighted by Crippen LogP contribution is -2.19. The largest absolute Gasteiger partial charge is 0.484 e. The molecule has 8 heteroatoms. The molecule has 0 fully saturated rings. The minimum atomic E-state index is -4.39. The van der Waals surface area contributed by atoms with E-state index in [0.29, 0.717) is 21.8 Å². The van der Waals surface area contributed by atoms with Crippen LogP contribution in [0.15, 0.2) is 40.6 Å². The Morgan fingerprint density at radius 3 is 2.61 bits per heavy atom. The van der Waals surface area contributed by atoms with Crippen molar-refractivity contribution < 1.29 is 17.9 Å². The minimum absolute atomic E-state index is 0.0911. The van der Waals surface area contributed by atoms with Crippen LogP contribution in [0.3, 0.4) is 0 Å². The number of ether oxygens (including phenoxy) is 1. The highest BCUT2D eigenvalue weighted by Gasteiger charge is 2.28. The van der Waals surface area contributed by atoms with Gasteiger partial charge in [0.2, 0.25) is 0 Å². The molecular formula is C15H11F3N2O2S. The Morgan fingerprint density at radius 2 is 1.96 bits per heavy atom. The first-order chi connectivity index (χ1) is 10.8. The quantitative estimate of drug-likeness (QED) is 0.731. The van der Waals surface area contributed by atoms with Crippen LogP contribution in [0.1, 0.15) is 5.69 Å². The van der Waals surface area contributed by atoms with Gasteiger partial charge in [-0.3, -0.25) is 9.20 Å². The SMILES string of the molecule is Cc1nc2sccn2c(=O)c1-c1ccc(OCC(F)(F)F)cc1. The molecule has 0 N–H and O–H groups in total. The molecule has 3 aromatic rings. The molecule has 0 saturated carbocycles. The van der Waals surface area contributed by atoms with Crippen molar-refractivity contribution in [3.8, 4) is 16.9 Å². The Morgan fingerprint density at radius 1 is 1.26 bits per heavy atom. The van der Waals surface area contributed by atoms with E-state index in [0.717, 1.165) is 0 Å². The summed E-state index contributed by atoms with van der Waals surface area (Å²) in [6.07, 6.45) is -2.75. The van der Waals surface area contributed by atoms with Crippen molar-refractivity contribution in [3.05, 3.63) is 51.9 Å². The lowest BCUT2D eigenvalue weighted by molar-refractivity contribution is -0.153. The zero-order valence-electron chi connectivity index (χ0n) is 11.9. The summed E-state index contributed by atoms with van der Waals surface area (Å²) in [5.41, 5.74) is 1.36. The molecule has 23 heavy (non-hydrogen) atoms. The molecule has 0 atom stereocenters. The highest BCUT2D eigenvalue weighted by molar-refractivity contribution is 7.15. The van der Waals surface area contributed by atoms with Crippen molar-refractivity contribution in [3.63, 3.8) is 0 Å². The van der Waals surface area contributed by atoms with Gasteiger partial charge in [-0.2, -0.15) is 13.2 Å². The van der Waals surface area contributed by atoms with Crippen molar-refractivity contribution in [2.24, 2.45) is 0 Å². The molecule has 2 aromatic heterocycles. The molecule has 0 bridgehead atoms.